The molecule has 4 aromatic rings. The predicted octanol–water partition coefficient (Wildman–Crippen LogP) is 4.35. The molecule has 0 spiro atoms. The molecule has 0 fully saturated rings. The second-order valence-corrected chi connectivity index (χ2v) is 7.17. The number of hydroxylamine groups is 1. The van der Waals surface area contributed by atoms with Crippen molar-refractivity contribution in [2.75, 3.05) is 18.5 Å². The highest BCUT2D eigenvalue weighted by molar-refractivity contribution is 6.09. The van der Waals surface area contributed by atoms with E-state index in [-0.39, 0.29) is 24.6 Å². The Balaban J connectivity index is 0.00000158. The van der Waals surface area contributed by atoms with Crippen molar-refractivity contribution in [1.29, 1.82) is 0 Å². The number of halogens is 1. The van der Waals surface area contributed by atoms with Crippen molar-refractivity contribution >= 4 is 28.2 Å². The Morgan fingerprint density at radius 2 is 1.85 bits per heavy atom. The molecule has 0 saturated carbocycles. The lowest BCUT2D eigenvalue weighted by Gasteiger charge is -2.14. The van der Waals surface area contributed by atoms with Crippen LogP contribution in [0.4, 0.5) is 15.8 Å². The highest BCUT2D eigenvalue weighted by atomic mass is 19.1. The van der Waals surface area contributed by atoms with Gasteiger partial charge in [-0.05, 0) is 48.4 Å². The van der Waals surface area contributed by atoms with Gasteiger partial charge in [0.15, 0.2) is 0 Å². The van der Waals surface area contributed by atoms with Crippen molar-refractivity contribution in [3.63, 3.8) is 0 Å². The van der Waals surface area contributed by atoms with Gasteiger partial charge in [-0.2, -0.15) is 0 Å². The molecule has 1 amide bonds. The third-order valence-corrected chi connectivity index (χ3v) is 4.91. The first-order chi connectivity index (χ1) is 16.6. The largest absolute Gasteiger partial charge is 0.394 e. The van der Waals surface area contributed by atoms with Gasteiger partial charge in [0.25, 0.3) is 5.91 Å². The zero-order valence-electron chi connectivity index (χ0n) is 19.4. The number of aryl methyl sites for hydroxylation is 1. The number of benzene rings is 1. The summed E-state index contributed by atoms with van der Waals surface area (Å²) in [5, 5.41) is 12.7. The molecular formula is C25H28FN5O3. The van der Waals surface area contributed by atoms with E-state index >= 15 is 0 Å². The minimum absolute atomic E-state index is 0.0623. The Kier molecular flexibility index (Phi) is 8.66. The SMILES string of the molecule is CC.Cc1ccc(Nc2c(C(=O)NOCCO)n(Cc3ccncc3)c3ccncc23)c(F)c1. The number of hydrogen-bond donors (Lipinski definition) is 3. The molecule has 0 bridgehead atoms. The third-order valence-electron chi connectivity index (χ3n) is 4.91. The Labute approximate surface area is 197 Å². The number of anilines is 2. The van der Waals surface area contributed by atoms with Gasteiger partial charge < -0.3 is 15.0 Å². The Morgan fingerprint density at radius 3 is 2.56 bits per heavy atom. The molecule has 0 atom stereocenters. The smallest absolute Gasteiger partial charge is 0.293 e. The second kappa shape index (κ2) is 11.9. The summed E-state index contributed by atoms with van der Waals surface area (Å²) < 4.78 is 16.4. The van der Waals surface area contributed by atoms with E-state index in [1.807, 2.05) is 26.0 Å². The van der Waals surface area contributed by atoms with Crippen molar-refractivity contribution in [2.45, 2.75) is 27.3 Å². The van der Waals surface area contributed by atoms with Crippen LogP contribution in [0.3, 0.4) is 0 Å². The number of fused-ring (bicyclic) bond motifs is 1. The summed E-state index contributed by atoms with van der Waals surface area (Å²) in [6.45, 7) is 5.86. The molecular weight excluding hydrogens is 437 g/mol. The fourth-order valence-electron chi connectivity index (χ4n) is 3.46. The number of rotatable bonds is 8. The number of carbonyl (C=O) groups is 1. The third kappa shape index (κ3) is 5.56. The first-order valence-electron chi connectivity index (χ1n) is 11.0. The number of aromatic nitrogens is 3. The van der Waals surface area contributed by atoms with Crippen molar-refractivity contribution in [3.05, 3.63) is 83.8 Å². The molecule has 3 heterocycles. The summed E-state index contributed by atoms with van der Waals surface area (Å²) >= 11 is 0. The van der Waals surface area contributed by atoms with Crippen LogP contribution in [0.2, 0.25) is 0 Å². The number of aliphatic hydroxyl groups is 1. The Hall–Kier alpha value is -3.82. The van der Waals surface area contributed by atoms with E-state index < -0.39 is 11.7 Å². The molecule has 0 aliphatic carbocycles. The molecule has 1 aromatic carbocycles. The highest BCUT2D eigenvalue weighted by Crippen LogP contribution is 2.34. The fourth-order valence-corrected chi connectivity index (χ4v) is 3.46. The van der Waals surface area contributed by atoms with E-state index in [0.717, 1.165) is 16.6 Å². The molecule has 0 aliphatic heterocycles. The van der Waals surface area contributed by atoms with Gasteiger partial charge in [-0.15, -0.1) is 0 Å². The fraction of sp³-hybridized carbons (Fsp3) is 0.240. The van der Waals surface area contributed by atoms with Crippen molar-refractivity contribution < 1.29 is 19.1 Å². The Bertz CT molecular complexity index is 1240. The van der Waals surface area contributed by atoms with Crippen molar-refractivity contribution in [2.24, 2.45) is 0 Å². The van der Waals surface area contributed by atoms with Crippen molar-refractivity contribution in [1.82, 2.24) is 20.0 Å². The predicted molar refractivity (Wildman–Crippen MR) is 129 cm³/mol. The lowest BCUT2D eigenvalue weighted by molar-refractivity contribution is 0.0163. The molecule has 178 valence electrons. The van der Waals surface area contributed by atoms with E-state index in [4.69, 9.17) is 9.94 Å². The van der Waals surface area contributed by atoms with Crippen LogP contribution in [0, 0.1) is 12.7 Å². The first kappa shape index (κ1) is 24.8. The number of pyridine rings is 2. The van der Waals surface area contributed by atoms with Gasteiger partial charge in [0, 0.05) is 36.7 Å². The molecule has 0 aliphatic rings. The van der Waals surface area contributed by atoms with Crippen LogP contribution in [-0.2, 0) is 11.4 Å². The maximum Gasteiger partial charge on any atom is 0.293 e. The van der Waals surface area contributed by atoms with Crippen molar-refractivity contribution in [3.8, 4) is 0 Å². The molecule has 4 rings (SSSR count). The number of nitrogens with one attached hydrogen (secondary N) is 2. The summed E-state index contributed by atoms with van der Waals surface area (Å²) in [5.41, 5.74) is 5.66. The van der Waals surface area contributed by atoms with Crippen LogP contribution in [0.5, 0.6) is 0 Å². The van der Waals surface area contributed by atoms with Crippen LogP contribution in [-0.4, -0.2) is 38.8 Å². The van der Waals surface area contributed by atoms with Gasteiger partial charge >= 0.3 is 0 Å². The average Bonchev–Trinajstić information content (AvgIpc) is 3.16. The standard InChI is InChI=1S/C23H22FN5O3.C2H6/c1-15-2-3-19(18(24)12-15)27-21-17-13-26-9-6-20(17)29(14-16-4-7-25-8-5-16)22(21)23(31)28-32-11-10-30;1-2/h2-9,12-13,27,30H,10-11,14H2,1H3,(H,28,31);1-2H3. The van der Waals surface area contributed by atoms with Crippen LogP contribution >= 0.6 is 0 Å². The molecule has 34 heavy (non-hydrogen) atoms. The normalized spacial score (nSPS) is 10.5. The van der Waals surface area contributed by atoms with Gasteiger partial charge in [-0.25, -0.2) is 9.87 Å². The number of carbonyl (C=O) groups excluding carboxylic acids is 1. The highest BCUT2D eigenvalue weighted by Gasteiger charge is 2.24. The van der Waals surface area contributed by atoms with E-state index in [2.05, 4.69) is 20.8 Å². The topological polar surface area (TPSA) is 101 Å². The molecule has 3 N–H and O–H groups in total. The molecule has 0 saturated heterocycles. The summed E-state index contributed by atoms with van der Waals surface area (Å²) in [7, 11) is 0. The lowest BCUT2D eigenvalue weighted by Crippen LogP contribution is -2.28. The number of hydrogen-bond acceptors (Lipinski definition) is 6. The zero-order valence-corrected chi connectivity index (χ0v) is 19.4. The van der Waals surface area contributed by atoms with Gasteiger partial charge in [-0.1, -0.05) is 19.9 Å². The maximum absolute atomic E-state index is 14.6. The summed E-state index contributed by atoms with van der Waals surface area (Å²) in [4.78, 5) is 26.4. The lowest BCUT2D eigenvalue weighted by atomic mass is 10.2. The van der Waals surface area contributed by atoms with Gasteiger partial charge in [-0.3, -0.25) is 19.6 Å². The second-order valence-electron chi connectivity index (χ2n) is 7.17. The van der Waals surface area contributed by atoms with Crippen LogP contribution in [0.25, 0.3) is 10.9 Å². The number of amides is 1. The van der Waals surface area contributed by atoms with E-state index in [9.17, 15) is 9.18 Å². The molecule has 0 radical (unpaired) electrons. The van der Waals surface area contributed by atoms with Gasteiger partial charge in [0.05, 0.1) is 30.1 Å². The van der Waals surface area contributed by atoms with Gasteiger partial charge in [0.1, 0.15) is 11.5 Å². The van der Waals surface area contributed by atoms with Crippen LogP contribution in [0.1, 0.15) is 35.5 Å². The van der Waals surface area contributed by atoms with E-state index in [1.54, 1.807) is 54.5 Å². The minimum Gasteiger partial charge on any atom is -0.394 e. The average molecular weight is 466 g/mol. The number of nitrogens with zero attached hydrogens (tertiary/aromatic N) is 3. The first-order valence-corrected chi connectivity index (χ1v) is 11.0. The molecule has 3 aromatic heterocycles. The Morgan fingerprint density at radius 1 is 1.12 bits per heavy atom. The summed E-state index contributed by atoms with van der Waals surface area (Å²) in [6, 6.07) is 10.3. The molecule has 0 unspecified atom stereocenters. The number of aliphatic hydroxyl groups excluding tert-OH is 1. The quantitative estimate of drug-likeness (QED) is 0.264. The van der Waals surface area contributed by atoms with Crippen LogP contribution < -0.4 is 10.8 Å². The van der Waals surface area contributed by atoms with E-state index in [1.165, 1.54) is 6.07 Å². The molecule has 9 heteroatoms. The van der Waals surface area contributed by atoms with Gasteiger partial charge in [0.2, 0.25) is 0 Å². The summed E-state index contributed by atoms with van der Waals surface area (Å²) in [5.74, 6) is -0.981. The monoisotopic (exact) mass is 465 g/mol. The summed E-state index contributed by atoms with van der Waals surface area (Å²) in [6.07, 6.45) is 6.60. The van der Waals surface area contributed by atoms with Crippen LogP contribution in [0.15, 0.2) is 61.2 Å². The van der Waals surface area contributed by atoms with E-state index in [0.29, 0.717) is 17.6 Å². The zero-order chi connectivity index (χ0) is 24.5. The molecule has 8 nitrogen and oxygen atoms in total. The maximum atomic E-state index is 14.6. The minimum atomic E-state index is -0.543.